The molecule has 0 amide bonds. The summed E-state index contributed by atoms with van der Waals surface area (Å²) in [7, 11) is 1.25. The minimum Gasteiger partial charge on any atom is -0.465 e. The van der Waals surface area contributed by atoms with Gasteiger partial charge in [0, 0.05) is 11.6 Å². The second-order valence-corrected chi connectivity index (χ2v) is 5.86. The average molecular weight is 381 g/mol. The molecule has 8 nitrogen and oxygen atoms in total. The van der Waals surface area contributed by atoms with E-state index in [0.717, 1.165) is 5.56 Å². The SMILES string of the molecule is COC(=O)c1ccccc1C(=O)OCc1cc(-c2ccc3c(c2)OCO3)on1. The predicted octanol–water partition coefficient (Wildman–Crippen LogP) is 3.21. The standard InChI is InChI=1S/C20H15NO7/c1-24-19(22)14-4-2-3-5-15(14)20(23)25-10-13-9-17(28-21-13)12-6-7-16-18(8-12)27-11-26-16/h2-9H,10-11H2,1H3. The monoisotopic (exact) mass is 381 g/mol. The van der Waals surface area contributed by atoms with Crippen LogP contribution in [0.4, 0.5) is 0 Å². The molecule has 0 radical (unpaired) electrons. The number of fused-ring (bicyclic) bond motifs is 1. The summed E-state index contributed by atoms with van der Waals surface area (Å²) in [5, 5.41) is 3.91. The molecule has 0 unspecified atom stereocenters. The molecule has 0 fully saturated rings. The molecule has 2 heterocycles. The van der Waals surface area contributed by atoms with Crippen molar-refractivity contribution in [2.75, 3.05) is 13.9 Å². The molecule has 1 aromatic heterocycles. The number of benzene rings is 2. The van der Waals surface area contributed by atoms with E-state index in [1.54, 1.807) is 30.3 Å². The Bertz CT molecular complexity index is 1040. The topological polar surface area (TPSA) is 97.1 Å². The summed E-state index contributed by atoms with van der Waals surface area (Å²) < 4.78 is 25.9. The molecule has 3 aromatic rings. The van der Waals surface area contributed by atoms with Crippen LogP contribution in [0.15, 0.2) is 53.1 Å². The highest BCUT2D eigenvalue weighted by molar-refractivity contribution is 6.03. The van der Waals surface area contributed by atoms with Crippen LogP contribution >= 0.6 is 0 Å². The first-order chi connectivity index (χ1) is 13.7. The van der Waals surface area contributed by atoms with Gasteiger partial charge in [-0.1, -0.05) is 17.3 Å². The van der Waals surface area contributed by atoms with E-state index in [1.807, 2.05) is 6.07 Å². The molecule has 8 heteroatoms. The second kappa shape index (κ2) is 7.43. The first-order valence-corrected chi connectivity index (χ1v) is 8.36. The number of ether oxygens (including phenoxy) is 4. The summed E-state index contributed by atoms with van der Waals surface area (Å²) in [5.41, 5.74) is 1.44. The molecule has 0 N–H and O–H groups in total. The first-order valence-electron chi connectivity index (χ1n) is 8.36. The van der Waals surface area contributed by atoms with Crippen LogP contribution in [-0.2, 0) is 16.1 Å². The molecular weight excluding hydrogens is 366 g/mol. The van der Waals surface area contributed by atoms with Gasteiger partial charge >= 0.3 is 11.9 Å². The van der Waals surface area contributed by atoms with E-state index in [9.17, 15) is 9.59 Å². The van der Waals surface area contributed by atoms with Gasteiger partial charge in [0.05, 0.1) is 18.2 Å². The van der Waals surface area contributed by atoms with Gasteiger partial charge in [0.15, 0.2) is 17.3 Å². The van der Waals surface area contributed by atoms with Crippen LogP contribution < -0.4 is 9.47 Å². The fourth-order valence-electron chi connectivity index (χ4n) is 2.73. The molecule has 4 rings (SSSR count). The highest BCUT2D eigenvalue weighted by atomic mass is 16.7. The predicted molar refractivity (Wildman–Crippen MR) is 95.0 cm³/mol. The summed E-state index contributed by atoms with van der Waals surface area (Å²) in [4.78, 5) is 24.1. The minimum atomic E-state index is -0.659. The Hall–Kier alpha value is -3.81. The Morgan fingerprint density at radius 2 is 1.75 bits per heavy atom. The molecule has 28 heavy (non-hydrogen) atoms. The number of esters is 2. The molecule has 0 spiro atoms. The zero-order valence-electron chi connectivity index (χ0n) is 14.8. The lowest BCUT2D eigenvalue weighted by molar-refractivity contribution is 0.0450. The normalized spacial score (nSPS) is 11.9. The van der Waals surface area contributed by atoms with E-state index in [0.29, 0.717) is 23.0 Å². The van der Waals surface area contributed by atoms with Crippen LogP contribution in [-0.4, -0.2) is 31.0 Å². The smallest absolute Gasteiger partial charge is 0.339 e. The van der Waals surface area contributed by atoms with Crippen molar-refractivity contribution >= 4 is 11.9 Å². The molecule has 1 aliphatic rings. The Kier molecular flexibility index (Phi) is 4.67. The maximum Gasteiger partial charge on any atom is 0.339 e. The number of carbonyl (C=O) groups is 2. The highest BCUT2D eigenvalue weighted by Gasteiger charge is 2.19. The van der Waals surface area contributed by atoms with Gasteiger partial charge in [-0.2, -0.15) is 0 Å². The third-order valence-electron chi connectivity index (χ3n) is 4.12. The summed E-state index contributed by atoms with van der Waals surface area (Å²) in [6.07, 6.45) is 0. The van der Waals surface area contributed by atoms with Gasteiger partial charge in [0.2, 0.25) is 6.79 Å². The number of nitrogens with zero attached hydrogens (tertiary/aromatic N) is 1. The largest absolute Gasteiger partial charge is 0.465 e. The number of hydrogen-bond acceptors (Lipinski definition) is 8. The van der Waals surface area contributed by atoms with E-state index in [2.05, 4.69) is 9.89 Å². The van der Waals surface area contributed by atoms with Crippen molar-refractivity contribution in [3.05, 3.63) is 65.4 Å². The van der Waals surface area contributed by atoms with Crippen LogP contribution in [0.25, 0.3) is 11.3 Å². The zero-order valence-corrected chi connectivity index (χ0v) is 14.8. The lowest BCUT2D eigenvalue weighted by atomic mass is 10.1. The number of methoxy groups -OCH3 is 1. The Balaban J connectivity index is 1.45. The molecule has 0 saturated carbocycles. The van der Waals surface area contributed by atoms with Gasteiger partial charge in [-0.25, -0.2) is 9.59 Å². The maximum absolute atomic E-state index is 12.3. The van der Waals surface area contributed by atoms with Crippen LogP contribution in [0.5, 0.6) is 11.5 Å². The van der Waals surface area contributed by atoms with Crippen molar-refractivity contribution in [1.29, 1.82) is 0 Å². The molecular formula is C20H15NO7. The van der Waals surface area contributed by atoms with Gasteiger partial charge in [-0.3, -0.25) is 0 Å². The number of rotatable bonds is 5. The third kappa shape index (κ3) is 3.39. The van der Waals surface area contributed by atoms with Gasteiger partial charge in [-0.15, -0.1) is 0 Å². The molecule has 0 saturated heterocycles. The first kappa shape index (κ1) is 17.6. The fraction of sp³-hybridized carbons (Fsp3) is 0.150. The van der Waals surface area contributed by atoms with Gasteiger partial charge in [0.25, 0.3) is 0 Å². The Morgan fingerprint density at radius 3 is 2.54 bits per heavy atom. The molecule has 1 aliphatic heterocycles. The lowest BCUT2D eigenvalue weighted by Gasteiger charge is -2.07. The average Bonchev–Trinajstić information content (AvgIpc) is 3.40. The molecule has 142 valence electrons. The van der Waals surface area contributed by atoms with Crippen molar-refractivity contribution in [2.24, 2.45) is 0 Å². The lowest BCUT2D eigenvalue weighted by Crippen LogP contribution is -2.12. The number of aromatic nitrogens is 1. The van der Waals surface area contributed by atoms with Crippen LogP contribution in [0.2, 0.25) is 0 Å². The van der Waals surface area contributed by atoms with Crippen molar-refractivity contribution in [3.63, 3.8) is 0 Å². The molecule has 0 bridgehead atoms. The van der Waals surface area contributed by atoms with Crippen molar-refractivity contribution in [3.8, 4) is 22.8 Å². The zero-order chi connectivity index (χ0) is 19.5. The highest BCUT2D eigenvalue weighted by Crippen LogP contribution is 2.36. The van der Waals surface area contributed by atoms with E-state index in [1.165, 1.54) is 19.2 Å². The number of carbonyl (C=O) groups excluding carboxylic acids is 2. The van der Waals surface area contributed by atoms with E-state index >= 15 is 0 Å². The quantitative estimate of drug-likeness (QED) is 0.622. The molecule has 0 atom stereocenters. The summed E-state index contributed by atoms with van der Waals surface area (Å²) >= 11 is 0. The van der Waals surface area contributed by atoms with E-state index in [4.69, 9.17) is 18.7 Å². The van der Waals surface area contributed by atoms with Gasteiger partial charge in [-0.05, 0) is 30.3 Å². The fourth-order valence-corrected chi connectivity index (χ4v) is 2.73. The van der Waals surface area contributed by atoms with Crippen molar-refractivity contribution in [1.82, 2.24) is 5.16 Å². The second-order valence-electron chi connectivity index (χ2n) is 5.86. The van der Waals surface area contributed by atoms with Crippen LogP contribution in [0, 0.1) is 0 Å². The van der Waals surface area contributed by atoms with Gasteiger partial charge < -0.3 is 23.5 Å². The summed E-state index contributed by atoms with van der Waals surface area (Å²) in [6.45, 7) is 0.0752. The van der Waals surface area contributed by atoms with E-state index < -0.39 is 11.9 Å². The van der Waals surface area contributed by atoms with Crippen LogP contribution in [0.1, 0.15) is 26.4 Å². The van der Waals surface area contributed by atoms with Crippen molar-refractivity contribution < 1.29 is 33.1 Å². The Morgan fingerprint density at radius 1 is 1.00 bits per heavy atom. The van der Waals surface area contributed by atoms with Gasteiger partial charge in [0.1, 0.15) is 12.3 Å². The molecule has 0 aliphatic carbocycles. The van der Waals surface area contributed by atoms with E-state index in [-0.39, 0.29) is 24.5 Å². The Labute approximate surface area is 159 Å². The maximum atomic E-state index is 12.3. The minimum absolute atomic E-state index is 0.109. The molecule has 2 aromatic carbocycles. The van der Waals surface area contributed by atoms with Crippen LogP contribution in [0.3, 0.4) is 0 Å². The summed E-state index contributed by atoms with van der Waals surface area (Å²) in [5.74, 6) is 0.523. The summed E-state index contributed by atoms with van der Waals surface area (Å²) in [6, 6.07) is 13.3. The number of hydrogen-bond donors (Lipinski definition) is 0. The van der Waals surface area contributed by atoms with Crippen molar-refractivity contribution in [2.45, 2.75) is 6.61 Å². The third-order valence-corrected chi connectivity index (χ3v) is 4.12.